The second-order valence-electron chi connectivity index (χ2n) is 11.1. The molecule has 37 heavy (non-hydrogen) atoms. The van der Waals surface area contributed by atoms with Gasteiger partial charge in [0.25, 0.3) is 0 Å². The van der Waals surface area contributed by atoms with Crippen LogP contribution in [0.3, 0.4) is 0 Å². The normalized spacial score (nSPS) is 23.8. The van der Waals surface area contributed by atoms with E-state index < -0.39 is 0 Å². The van der Waals surface area contributed by atoms with Crippen molar-refractivity contribution >= 4 is 23.2 Å². The van der Waals surface area contributed by atoms with Crippen LogP contribution in [0.15, 0.2) is 17.3 Å². The van der Waals surface area contributed by atoms with Crippen molar-refractivity contribution in [3.63, 3.8) is 0 Å². The standard InChI is InChI=1S/C29H45N5O3/c1-5-21(35)10-8-7-9-11-24(33-27(36)23-18-29(23)14-16-34(6-2)17-15-29)26-30-19-25(32-26)22-13-12-20(3)31-28(22)37-4/h13,19-20,23-24H,5-12,14-18H2,1-4H3,(H,30,32)(H,33,36)/t20?,23-,24+/m1/s1. The van der Waals surface area contributed by atoms with Crippen molar-refractivity contribution in [2.24, 2.45) is 16.3 Å². The number of carbonyl (C=O) groups is 2. The molecule has 3 heterocycles. The van der Waals surface area contributed by atoms with Gasteiger partial charge in [-0.05, 0) is 70.5 Å². The molecular formula is C29H45N5O3. The van der Waals surface area contributed by atoms with Gasteiger partial charge >= 0.3 is 0 Å². The van der Waals surface area contributed by atoms with E-state index >= 15 is 0 Å². The highest BCUT2D eigenvalue weighted by Crippen LogP contribution is 2.59. The van der Waals surface area contributed by atoms with Gasteiger partial charge in [-0.2, -0.15) is 0 Å². The summed E-state index contributed by atoms with van der Waals surface area (Å²) in [6, 6.07) is 0.0188. The SMILES string of the molecule is CCC(=O)CCCCC[C@H](NC(=O)[C@H]1CC12CCN(CC)CC2)c1ncc(C2=CCC(C)N=C2OC)[nH]1. The van der Waals surface area contributed by atoms with E-state index in [2.05, 4.69) is 40.1 Å². The zero-order valence-corrected chi connectivity index (χ0v) is 23.1. The molecule has 2 aliphatic heterocycles. The molecule has 1 spiro atoms. The number of imidazole rings is 1. The molecule has 1 amide bonds. The molecular weight excluding hydrogens is 466 g/mol. The number of dihydropyridines is 1. The Morgan fingerprint density at radius 1 is 1.24 bits per heavy atom. The maximum atomic E-state index is 13.4. The third kappa shape index (κ3) is 6.70. The predicted octanol–water partition coefficient (Wildman–Crippen LogP) is 4.84. The van der Waals surface area contributed by atoms with Gasteiger partial charge < -0.3 is 19.9 Å². The molecule has 1 aliphatic carbocycles. The van der Waals surface area contributed by atoms with Crippen LogP contribution in [0.1, 0.15) is 103 Å². The molecule has 4 rings (SSSR count). The van der Waals surface area contributed by atoms with Crippen molar-refractivity contribution in [2.75, 3.05) is 26.7 Å². The van der Waals surface area contributed by atoms with Gasteiger partial charge in [-0.15, -0.1) is 0 Å². The number of piperidine rings is 1. The summed E-state index contributed by atoms with van der Waals surface area (Å²) < 4.78 is 5.54. The number of amides is 1. The Labute approximate surface area is 221 Å². The number of H-pyrrole nitrogens is 1. The maximum absolute atomic E-state index is 13.4. The van der Waals surface area contributed by atoms with Crippen LogP contribution >= 0.6 is 0 Å². The number of nitrogens with zero attached hydrogens (tertiary/aromatic N) is 3. The zero-order chi connectivity index (χ0) is 26.4. The summed E-state index contributed by atoms with van der Waals surface area (Å²) in [5.74, 6) is 1.99. The van der Waals surface area contributed by atoms with Crippen molar-refractivity contribution in [3.8, 4) is 0 Å². The van der Waals surface area contributed by atoms with Gasteiger partial charge in [-0.25, -0.2) is 9.98 Å². The van der Waals surface area contributed by atoms with E-state index in [1.54, 1.807) is 7.11 Å². The summed E-state index contributed by atoms with van der Waals surface area (Å²) >= 11 is 0. The first-order valence-corrected chi connectivity index (χ1v) is 14.3. The Balaban J connectivity index is 1.42. The van der Waals surface area contributed by atoms with Gasteiger partial charge in [-0.1, -0.05) is 32.8 Å². The number of ether oxygens (including phenoxy) is 1. The maximum Gasteiger partial charge on any atom is 0.224 e. The minimum absolute atomic E-state index is 0.111. The first-order valence-electron chi connectivity index (χ1n) is 14.3. The molecule has 1 saturated heterocycles. The highest BCUT2D eigenvalue weighted by molar-refractivity contribution is 6.19. The molecule has 204 valence electrons. The van der Waals surface area contributed by atoms with Gasteiger partial charge in [0.05, 0.1) is 36.7 Å². The lowest BCUT2D eigenvalue weighted by Crippen LogP contribution is -2.37. The van der Waals surface area contributed by atoms with Gasteiger partial charge in [0.1, 0.15) is 11.6 Å². The first kappa shape index (κ1) is 27.6. The Hall–Kier alpha value is -2.48. The van der Waals surface area contributed by atoms with E-state index in [1.165, 1.54) is 0 Å². The Morgan fingerprint density at radius 3 is 2.73 bits per heavy atom. The zero-order valence-electron chi connectivity index (χ0n) is 23.1. The van der Waals surface area contributed by atoms with Crippen LogP contribution in [0.25, 0.3) is 5.57 Å². The number of likely N-dealkylation sites (tertiary alicyclic amines) is 1. The van der Waals surface area contributed by atoms with E-state index in [-0.39, 0.29) is 29.3 Å². The molecule has 0 aromatic carbocycles. The summed E-state index contributed by atoms with van der Waals surface area (Å²) in [6.07, 6.45) is 12.9. The van der Waals surface area contributed by atoms with Crippen LogP contribution in [0.4, 0.5) is 0 Å². The lowest BCUT2D eigenvalue weighted by atomic mass is 9.90. The van der Waals surface area contributed by atoms with Crippen LogP contribution in [0.5, 0.6) is 0 Å². The fourth-order valence-electron chi connectivity index (χ4n) is 5.90. The third-order valence-corrected chi connectivity index (χ3v) is 8.60. The molecule has 0 radical (unpaired) electrons. The average Bonchev–Trinajstić information content (AvgIpc) is 3.38. The second-order valence-corrected chi connectivity index (χ2v) is 11.1. The Morgan fingerprint density at radius 2 is 2.03 bits per heavy atom. The smallest absolute Gasteiger partial charge is 0.224 e. The van der Waals surface area contributed by atoms with E-state index in [1.807, 2.05) is 13.1 Å². The van der Waals surface area contributed by atoms with Gasteiger partial charge in [0.15, 0.2) is 0 Å². The van der Waals surface area contributed by atoms with Crippen molar-refractivity contribution in [2.45, 2.75) is 97.1 Å². The number of nitrogens with one attached hydrogen (secondary N) is 2. The minimum atomic E-state index is -0.178. The molecule has 2 fully saturated rings. The molecule has 8 nitrogen and oxygen atoms in total. The number of ketones is 1. The number of rotatable bonds is 12. The van der Waals surface area contributed by atoms with E-state index in [0.29, 0.717) is 24.5 Å². The number of Topliss-reactive ketones (excluding diaryl/α,β-unsaturated/α-hetero) is 1. The van der Waals surface area contributed by atoms with Crippen LogP contribution < -0.4 is 5.32 Å². The van der Waals surface area contributed by atoms with E-state index in [0.717, 1.165) is 88.1 Å². The molecule has 1 aromatic rings. The van der Waals surface area contributed by atoms with Gasteiger partial charge in [-0.3, -0.25) is 9.59 Å². The number of hydrogen-bond donors (Lipinski definition) is 2. The van der Waals surface area contributed by atoms with Gasteiger partial charge in [0.2, 0.25) is 11.8 Å². The van der Waals surface area contributed by atoms with Crippen LogP contribution in [-0.2, 0) is 14.3 Å². The Kier molecular flexibility index (Phi) is 9.22. The Bertz CT molecular complexity index is 1000. The predicted molar refractivity (Wildman–Crippen MR) is 146 cm³/mol. The highest BCUT2D eigenvalue weighted by atomic mass is 16.5. The molecule has 2 N–H and O–H groups in total. The van der Waals surface area contributed by atoms with E-state index in [9.17, 15) is 9.59 Å². The topological polar surface area (TPSA) is 99.7 Å². The number of aromatic nitrogens is 2. The molecule has 1 aromatic heterocycles. The fraction of sp³-hybridized carbons (Fsp3) is 0.724. The number of methoxy groups -OCH3 is 1. The molecule has 8 heteroatoms. The van der Waals surface area contributed by atoms with Crippen molar-refractivity contribution in [1.29, 1.82) is 0 Å². The lowest BCUT2D eigenvalue weighted by Gasteiger charge is -2.32. The average molecular weight is 512 g/mol. The quantitative estimate of drug-likeness (QED) is 0.391. The molecule has 1 unspecified atom stereocenters. The molecule has 1 saturated carbocycles. The number of carbonyl (C=O) groups excluding carboxylic acids is 2. The molecule has 3 aliphatic rings. The fourth-order valence-corrected chi connectivity index (χ4v) is 5.90. The van der Waals surface area contributed by atoms with Crippen molar-refractivity contribution < 1.29 is 14.3 Å². The molecule has 3 atom stereocenters. The number of unbranched alkanes of at least 4 members (excludes halogenated alkanes) is 2. The first-order chi connectivity index (χ1) is 17.9. The van der Waals surface area contributed by atoms with Crippen LogP contribution in [0, 0.1) is 11.3 Å². The summed E-state index contributed by atoms with van der Waals surface area (Å²) in [5, 5.41) is 3.36. The third-order valence-electron chi connectivity index (χ3n) is 8.60. The number of hydrogen-bond acceptors (Lipinski definition) is 6. The number of aromatic amines is 1. The van der Waals surface area contributed by atoms with E-state index in [4.69, 9.17) is 9.72 Å². The summed E-state index contributed by atoms with van der Waals surface area (Å²) in [4.78, 5) is 40.3. The minimum Gasteiger partial charge on any atom is -0.481 e. The highest BCUT2D eigenvalue weighted by Gasteiger charge is 2.58. The second kappa shape index (κ2) is 12.4. The monoisotopic (exact) mass is 511 g/mol. The lowest BCUT2D eigenvalue weighted by molar-refractivity contribution is -0.124. The molecule has 0 bridgehead atoms. The van der Waals surface area contributed by atoms with Crippen LogP contribution in [-0.4, -0.2) is 65.2 Å². The van der Waals surface area contributed by atoms with Crippen molar-refractivity contribution in [1.82, 2.24) is 20.2 Å². The van der Waals surface area contributed by atoms with Crippen molar-refractivity contribution in [3.05, 3.63) is 23.8 Å². The van der Waals surface area contributed by atoms with Gasteiger partial charge in [0, 0.05) is 18.8 Å². The van der Waals surface area contributed by atoms with Crippen LogP contribution in [0.2, 0.25) is 0 Å². The number of aliphatic imine (C=N–C) groups is 1. The summed E-state index contributed by atoms with van der Waals surface area (Å²) in [7, 11) is 1.64. The summed E-state index contributed by atoms with van der Waals surface area (Å²) in [6.45, 7) is 9.48. The largest absolute Gasteiger partial charge is 0.481 e. The summed E-state index contributed by atoms with van der Waals surface area (Å²) in [5.41, 5.74) is 1.99.